The van der Waals surface area contributed by atoms with Crippen LogP contribution in [-0.4, -0.2) is 30.1 Å². The molecule has 0 aromatic carbocycles. The van der Waals surface area contributed by atoms with E-state index in [1.807, 2.05) is 0 Å². The highest BCUT2D eigenvalue weighted by atomic mass is 15.2. The van der Waals surface area contributed by atoms with Gasteiger partial charge in [0.2, 0.25) is 0 Å². The van der Waals surface area contributed by atoms with E-state index in [9.17, 15) is 0 Å². The van der Waals surface area contributed by atoms with Crippen molar-refractivity contribution in [2.45, 2.75) is 82.7 Å². The SMILES string of the molecule is NC1CCCCCC1CN1CCC[C@H]2CCCC[C@H]21. The smallest absolute Gasteiger partial charge is 0.0124 e. The zero-order chi connectivity index (χ0) is 13.1. The average molecular weight is 264 g/mol. The molecule has 0 spiro atoms. The van der Waals surface area contributed by atoms with Gasteiger partial charge in [0, 0.05) is 18.6 Å². The molecule has 2 heteroatoms. The van der Waals surface area contributed by atoms with E-state index in [0.29, 0.717) is 6.04 Å². The molecule has 2 aliphatic carbocycles. The lowest BCUT2D eigenvalue weighted by Gasteiger charge is -2.45. The Morgan fingerprint density at radius 1 is 0.789 bits per heavy atom. The van der Waals surface area contributed by atoms with Crippen LogP contribution in [0, 0.1) is 11.8 Å². The number of piperidine rings is 1. The van der Waals surface area contributed by atoms with Crippen LogP contribution in [0.2, 0.25) is 0 Å². The van der Waals surface area contributed by atoms with E-state index in [1.54, 1.807) is 0 Å². The molecule has 0 aromatic rings. The second-order valence-electron chi connectivity index (χ2n) is 7.31. The number of nitrogens with zero attached hydrogens (tertiary/aromatic N) is 1. The van der Waals surface area contributed by atoms with Gasteiger partial charge in [-0.25, -0.2) is 0 Å². The molecule has 0 amide bonds. The Morgan fingerprint density at radius 3 is 2.47 bits per heavy atom. The minimum atomic E-state index is 0.478. The Balaban J connectivity index is 1.60. The highest BCUT2D eigenvalue weighted by molar-refractivity contribution is 4.89. The highest BCUT2D eigenvalue weighted by Gasteiger charge is 2.35. The maximum Gasteiger partial charge on any atom is 0.0124 e. The summed E-state index contributed by atoms with van der Waals surface area (Å²) in [6, 6.07) is 1.39. The van der Waals surface area contributed by atoms with Gasteiger partial charge in [0.15, 0.2) is 0 Å². The van der Waals surface area contributed by atoms with Crippen LogP contribution in [0.4, 0.5) is 0 Å². The van der Waals surface area contributed by atoms with Crippen LogP contribution in [0.1, 0.15) is 70.6 Å². The molecule has 3 aliphatic rings. The highest BCUT2D eigenvalue weighted by Crippen LogP contribution is 2.36. The Bertz CT molecular complexity index is 276. The predicted octanol–water partition coefficient (Wildman–Crippen LogP) is 3.55. The molecule has 1 heterocycles. The first-order valence-electron chi connectivity index (χ1n) is 8.84. The molecule has 19 heavy (non-hydrogen) atoms. The first kappa shape index (κ1) is 13.9. The summed E-state index contributed by atoms with van der Waals surface area (Å²) in [6.45, 7) is 2.66. The fourth-order valence-electron chi connectivity index (χ4n) is 4.90. The minimum absolute atomic E-state index is 0.478. The molecule has 1 saturated heterocycles. The van der Waals surface area contributed by atoms with E-state index in [0.717, 1.165) is 17.9 Å². The molecule has 2 unspecified atom stereocenters. The molecule has 2 saturated carbocycles. The first-order valence-corrected chi connectivity index (χ1v) is 8.84. The summed E-state index contributed by atoms with van der Waals surface area (Å²) in [7, 11) is 0. The lowest BCUT2D eigenvalue weighted by molar-refractivity contribution is 0.0435. The van der Waals surface area contributed by atoms with Crippen molar-refractivity contribution in [2.24, 2.45) is 17.6 Å². The zero-order valence-corrected chi connectivity index (χ0v) is 12.5. The van der Waals surface area contributed by atoms with Crippen molar-refractivity contribution in [1.29, 1.82) is 0 Å². The molecule has 110 valence electrons. The van der Waals surface area contributed by atoms with Crippen molar-refractivity contribution >= 4 is 0 Å². The van der Waals surface area contributed by atoms with Crippen molar-refractivity contribution in [3.05, 3.63) is 0 Å². The summed E-state index contributed by atoms with van der Waals surface area (Å²) in [4.78, 5) is 2.85. The van der Waals surface area contributed by atoms with Crippen LogP contribution in [0.3, 0.4) is 0 Å². The molecule has 0 aromatic heterocycles. The van der Waals surface area contributed by atoms with Crippen molar-refractivity contribution < 1.29 is 0 Å². The van der Waals surface area contributed by atoms with Gasteiger partial charge in [-0.15, -0.1) is 0 Å². The Morgan fingerprint density at radius 2 is 1.53 bits per heavy atom. The average Bonchev–Trinajstić information content (AvgIpc) is 2.65. The molecular formula is C17H32N2. The molecule has 3 rings (SSSR count). The summed E-state index contributed by atoms with van der Waals surface area (Å²) in [5, 5.41) is 0. The second kappa shape index (κ2) is 6.58. The number of hydrogen-bond acceptors (Lipinski definition) is 2. The van der Waals surface area contributed by atoms with E-state index < -0.39 is 0 Å². The zero-order valence-electron chi connectivity index (χ0n) is 12.5. The van der Waals surface area contributed by atoms with Crippen LogP contribution in [-0.2, 0) is 0 Å². The summed E-state index contributed by atoms with van der Waals surface area (Å²) < 4.78 is 0. The van der Waals surface area contributed by atoms with Crippen LogP contribution >= 0.6 is 0 Å². The van der Waals surface area contributed by atoms with Gasteiger partial charge in [0.1, 0.15) is 0 Å². The predicted molar refractivity (Wildman–Crippen MR) is 81.1 cm³/mol. The third-order valence-corrected chi connectivity index (χ3v) is 6.05. The normalized spacial score (nSPS) is 41.5. The fraction of sp³-hybridized carbons (Fsp3) is 1.00. The lowest BCUT2D eigenvalue weighted by Crippen LogP contribution is -2.50. The maximum atomic E-state index is 6.44. The van der Waals surface area contributed by atoms with Gasteiger partial charge in [-0.05, 0) is 56.9 Å². The number of likely N-dealkylation sites (tertiary alicyclic amines) is 1. The van der Waals surface area contributed by atoms with Crippen LogP contribution < -0.4 is 5.73 Å². The summed E-state index contributed by atoms with van der Waals surface area (Å²) in [5.41, 5.74) is 6.44. The minimum Gasteiger partial charge on any atom is -0.327 e. The number of fused-ring (bicyclic) bond motifs is 1. The molecule has 3 fully saturated rings. The monoisotopic (exact) mass is 264 g/mol. The quantitative estimate of drug-likeness (QED) is 0.773. The summed E-state index contributed by atoms with van der Waals surface area (Å²) in [6.07, 6.45) is 15.7. The van der Waals surface area contributed by atoms with Gasteiger partial charge in [0.25, 0.3) is 0 Å². The number of rotatable bonds is 2. The molecule has 4 atom stereocenters. The lowest BCUT2D eigenvalue weighted by atomic mass is 9.77. The third kappa shape index (κ3) is 3.33. The maximum absolute atomic E-state index is 6.44. The standard InChI is InChI=1S/C17H32N2/c18-16-10-3-1-2-8-15(16)13-19-12-6-9-14-7-4-5-11-17(14)19/h14-17H,1-13,18H2/t14-,15?,16?,17-/m1/s1. The van der Waals surface area contributed by atoms with E-state index in [-0.39, 0.29) is 0 Å². The van der Waals surface area contributed by atoms with Gasteiger partial charge >= 0.3 is 0 Å². The van der Waals surface area contributed by atoms with E-state index in [1.165, 1.54) is 83.7 Å². The fourth-order valence-corrected chi connectivity index (χ4v) is 4.90. The van der Waals surface area contributed by atoms with Gasteiger partial charge in [-0.1, -0.05) is 32.1 Å². The molecule has 0 bridgehead atoms. The van der Waals surface area contributed by atoms with Crippen LogP contribution in [0.5, 0.6) is 0 Å². The summed E-state index contributed by atoms with van der Waals surface area (Å²) in [5.74, 6) is 1.80. The number of hydrogen-bond donors (Lipinski definition) is 1. The van der Waals surface area contributed by atoms with Gasteiger partial charge in [-0.3, -0.25) is 4.90 Å². The topological polar surface area (TPSA) is 29.3 Å². The van der Waals surface area contributed by atoms with Gasteiger partial charge in [-0.2, -0.15) is 0 Å². The van der Waals surface area contributed by atoms with Crippen molar-refractivity contribution in [2.75, 3.05) is 13.1 Å². The van der Waals surface area contributed by atoms with E-state index in [4.69, 9.17) is 5.73 Å². The Hall–Kier alpha value is -0.0800. The second-order valence-corrected chi connectivity index (χ2v) is 7.31. The summed E-state index contributed by atoms with van der Waals surface area (Å²) >= 11 is 0. The molecule has 1 aliphatic heterocycles. The Kier molecular flexibility index (Phi) is 4.81. The van der Waals surface area contributed by atoms with Crippen LogP contribution in [0.25, 0.3) is 0 Å². The van der Waals surface area contributed by atoms with Gasteiger partial charge in [0.05, 0.1) is 0 Å². The van der Waals surface area contributed by atoms with Crippen molar-refractivity contribution in [1.82, 2.24) is 4.90 Å². The largest absolute Gasteiger partial charge is 0.327 e. The molecule has 2 N–H and O–H groups in total. The van der Waals surface area contributed by atoms with E-state index >= 15 is 0 Å². The van der Waals surface area contributed by atoms with Crippen molar-refractivity contribution in [3.63, 3.8) is 0 Å². The van der Waals surface area contributed by atoms with Crippen molar-refractivity contribution in [3.8, 4) is 0 Å². The number of nitrogens with two attached hydrogens (primary N) is 1. The molecule has 0 radical (unpaired) electrons. The Labute approximate surface area is 119 Å². The molecule has 2 nitrogen and oxygen atoms in total. The molecular weight excluding hydrogens is 232 g/mol. The van der Waals surface area contributed by atoms with Gasteiger partial charge < -0.3 is 5.73 Å². The first-order chi connectivity index (χ1) is 9.34. The van der Waals surface area contributed by atoms with Crippen LogP contribution in [0.15, 0.2) is 0 Å². The third-order valence-electron chi connectivity index (χ3n) is 6.05. The van der Waals surface area contributed by atoms with E-state index in [2.05, 4.69) is 4.90 Å².